The molecule has 21 heavy (non-hydrogen) atoms. The Morgan fingerprint density at radius 3 is 2.62 bits per heavy atom. The molecule has 0 bridgehead atoms. The van der Waals surface area contributed by atoms with Crippen LogP contribution in [0.15, 0.2) is 18.2 Å². The number of hydrogen-bond donors (Lipinski definition) is 1. The highest BCUT2D eigenvalue weighted by molar-refractivity contribution is 5.73. The number of hydrogen-bond acceptors (Lipinski definition) is 4. The van der Waals surface area contributed by atoms with E-state index in [4.69, 9.17) is 5.26 Å². The first kappa shape index (κ1) is 15.3. The average molecular weight is 286 g/mol. The van der Waals surface area contributed by atoms with Crippen LogP contribution in [0.3, 0.4) is 0 Å². The summed E-state index contributed by atoms with van der Waals surface area (Å²) in [4.78, 5) is 15.6. The zero-order chi connectivity index (χ0) is 15.2. The molecule has 1 heterocycles. The van der Waals surface area contributed by atoms with Crippen LogP contribution in [0.25, 0.3) is 0 Å². The first-order valence-corrected chi connectivity index (χ1v) is 7.38. The summed E-state index contributed by atoms with van der Waals surface area (Å²) in [6.07, 6.45) is 0. The lowest BCUT2D eigenvalue weighted by Gasteiger charge is -2.34. The van der Waals surface area contributed by atoms with E-state index in [1.807, 2.05) is 23.1 Å². The molecule has 1 aliphatic rings. The van der Waals surface area contributed by atoms with E-state index in [2.05, 4.69) is 23.2 Å². The minimum Gasteiger partial charge on any atom is -0.385 e. The Kier molecular flexibility index (Phi) is 5.18. The van der Waals surface area contributed by atoms with Crippen LogP contribution in [0, 0.1) is 11.3 Å². The highest BCUT2D eigenvalue weighted by atomic mass is 16.2. The minimum absolute atomic E-state index is 0.148. The molecule has 0 radical (unpaired) electrons. The maximum Gasteiger partial charge on any atom is 0.219 e. The second-order valence-corrected chi connectivity index (χ2v) is 5.30. The van der Waals surface area contributed by atoms with E-state index in [1.165, 1.54) is 0 Å². The van der Waals surface area contributed by atoms with Crippen molar-refractivity contribution in [2.75, 3.05) is 38.0 Å². The molecule has 5 nitrogen and oxygen atoms in total. The Morgan fingerprint density at radius 1 is 1.33 bits per heavy atom. The Hall–Kier alpha value is -2.06. The van der Waals surface area contributed by atoms with Crippen LogP contribution in [0.1, 0.15) is 25.0 Å². The molecule has 112 valence electrons. The molecule has 0 saturated carbocycles. The fraction of sp³-hybridized carbons (Fsp3) is 0.500. The molecule has 1 fully saturated rings. The van der Waals surface area contributed by atoms with Crippen molar-refractivity contribution in [3.8, 4) is 6.07 Å². The van der Waals surface area contributed by atoms with E-state index < -0.39 is 0 Å². The number of nitrogens with one attached hydrogen (secondary N) is 1. The second kappa shape index (κ2) is 7.09. The second-order valence-electron chi connectivity index (χ2n) is 5.30. The summed E-state index contributed by atoms with van der Waals surface area (Å²) in [5, 5.41) is 12.4. The van der Waals surface area contributed by atoms with Crippen LogP contribution in [0.5, 0.6) is 0 Å². The lowest BCUT2D eigenvalue weighted by Crippen LogP contribution is -2.47. The Morgan fingerprint density at radius 2 is 2.05 bits per heavy atom. The molecule has 0 atom stereocenters. The van der Waals surface area contributed by atoms with Gasteiger partial charge in [-0.3, -0.25) is 9.69 Å². The third-order valence-corrected chi connectivity index (χ3v) is 3.81. The third-order valence-electron chi connectivity index (χ3n) is 3.81. The van der Waals surface area contributed by atoms with Gasteiger partial charge in [0, 0.05) is 51.9 Å². The Labute approximate surface area is 126 Å². The highest BCUT2D eigenvalue weighted by Gasteiger charge is 2.19. The van der Waals surface area contributed by atoms with Gasteiger partial charge in [0.05, 0.1) is 11.6 Å². The van der Waals surface area contributed by atoms with Gasteiger partial charge in [0.1, 0.15) is 0 Å². The SMILES string of the molecule is CCNc1ccc(C#N)cc1CN1CCN(C(C)=O)CC1. The van der Waals surface area contributed by atoms with Crippen molar-refractivity contribution < 1.29 is 4.79 Å². The van der Waals surface area contributed by atoms with Crippen molar-refractivity contribution in [3.05, 3.63) is 29.3 Å². The molecular formula is C16H22N4O. The predicted octanol–water partition coefficient (Wildman–Crippen LogP) is 1.65. The molecule has 1 aromatic carbocycles. The van der Waals surface area contributed by atoms with Gasteiger partial charge < -0.3 is 10.2 Å². The smallest absolute Gasteiger partial charge is 0.219 e. The lowest BCUT2D eigenvalue weighted by atomic mass is 10.1. The van der Waals surface area contributed by atoms with Gasteiger partial charge in [-0.05, 0) is 30.7 Å². The maximum atomic E-state index is 11.3. The van der Waals surface area contributed by atoms with E-state index in [-0.39, 0.29) is 5.91 Å². The number of piperazine rings is 1. The Bertz CT molecular complexity index is 542. The standard InChI is InChI=1S/C16H22N4O/c1-3-18-16-5-4-14(11-17)10-15(16)12-19-6-8-20(9-7-19)13(2)21/h4-5,10,18H,3,6-9,12H2,1-2H3. The largest absolute Gasteiger partial charge is 0.385 e. The van der Waals surface area contributed by atoms with Gasteiger partial charge in [0.2, 0.25) is 5.91 Å². The van der Waals surface area contributed by atoms with Gasteiger partial charge in [-0.25, -0.2) is 0 Å². The number of nitrogens with zero attached hydrogens (tertiary/aromatic N) is 3. The normalized spacial score (nSPS) is 15.6. The fourth-order valence-corrected chi connectivity index (χ4v) is 2.62. The number of benzene rings is 1. The van der Waals surface area contributed by atoms with E-state index >= 15 is 0 Å². The number of amides is 1. The number of nitriles is 1. The molecule has 1 amide bonds. The van der Waals surface area contributed by atoms with Crippen LogP contribution >= 0.6 is 0 Å². The van der Waals surface area contributed by atoms with Crippen molar-refractivity contribution >= 4 is 11.6 Å². The van der Waals surface area contributed by atoms with Crippen molar-refractivity contribution in [1.29, 1.82) is 5.26 Å². The summed E-state index contributed by atoms with van der Waals surface area (Å²) in [7, 11) is 0. The molecule has 1 N–H and O–H groups in total. The first-order valence-electron chi connectivity index (χ1n) is 7.38. The fourth-order valence-electron chi connectivity index (χ4n) is 2.62. The molecule has 0 aliphatic carbocycles. The van der Waals surface area contributed by atoms with Crippen molar-refractivity contribution in [2.24, 2.45) is 0 Å². The van der Waals surface area contributed by atoms with E-state index in [0.717, 1.165) is 50.5 Å². The zero-order valence-electron chi connectivity index (χ0n) is 12.7. The summed E-state index contributed by atoms with van der Waals surface area (Å²) in [6, 6.07) is 7.97. The molecule has 1 aliphatic heterocycles. The molecular weight excluding hydrogens is 264 g/mol. The van der Waals surface area contributed by atoms with Crippen LogP contribution in [-0.4, -0.2) is 48.4 Å². The van der Waals surface area contributed by atoms with Crippen LogP contribution in [-0.2, 0) is 11.3 Å². The monoisotopic (exact) mass is 286 g/mol. The van der Waals surface area contributed by atoms with Crippen molar-refractivity contribution in [1.82, 2.24) is 9.80 Å². The quantitative estimate of drug-likeness (QED) is 0.914. The minimum atomic E-state index is 0.148. The van der Waals surface area contributed by atoms with Gasteiger partial charge in [-0.2, -0.15) is 5.26 Å². The summed E-state index contributed by atoms with van der Waals surface area (Å²) < 4.78 is 0. The molecule has 0 unspecified atom stereocenters. The molecule has 2 rings (SSSR count). The molecule has 0 aromatic heterocycles. The topological polar surface area (TPSA) is 59.4 Å². The zero-order valence-corrected chi connectivity index (χ0v) is 12.7. The van der Waals surface area contributed by atoms with Crippen LogP contribution in [0.4, 0.5) is 5.69 Å². The van der Waals surface area contributed by atoms with Gasteiger partial charge in [0.25, 0.3) is 0 Å². The first-order chi connectivity index (χ1) is 10.1. The summed E-state index contributed by atoms with van der Waals surface area (Å²) in [5.41, 5.74) is 2.92. The van der Waals surface area contributed by atoms with Gasteiger partial charge in [-0.15, -0.1) is 0 Å². The van der Waals surface area contributed by atoms with E-state index in [1.54, 1.807) is 6.92 Å². The van der Waals surface area contributed by atoms with Crippen molar-refractivity contribution in [3.63, 3.8) is 0 Å². The lowest BCUT2D eigenvalue weighted by molar-refractivity contribution is -0.130. The van der Waals surface area contributed by atoms with Crippen molar-refractivity contribution in [2.45, 2.75) is 20.4 Å². The van der Waals surface area contributed by atoms with Gasteiger partial charge >= 0.3 is 0 Å². The maximum absolute atomic E-state index is 11.3. The van der Waals surface area contributed by atoms with E-state index in [9.17, 15) is 4.79 Å². The third kappa shape index (κ3) is 3.96. The summed E-state index contributed by atoms with van der Waals surface area (Å²) >= 11 is 0. The highest BCUT2D eigenvalue weighted by Crippen LogP contribution is 2.20. The molecule has 0 spiro atoms. The predicted molar refractivity (Wildman–Crippen MR) is 82.9 cm³/mol. The molecule has 1 saturated heterocycles. The van der Waals surface area contributed by atoms with Gasteiger partial charge in [-0.1, -0.05) is 0 Å². The number of carbonyl (C=O) groups is 1. The number of carbonyl (C=O) groups excluding carboxylic acids is 1. The Balaban J connectivity index is 2.05. The number of rotatable bonds is 4. The van der Waals surface area contributed by atoms with Crippen LogP contribution < -0.4 is 5.32 Å². The summed E-state index contributed by atoms with van der Waals surface area (Å²) in [5.74, 6) is 0.148. The van der Waals surface area contributed by atoms with Crippen LogP contribution in [0.2, 0.25) is 0 Å². The molecule has 1 aromatic rings. The van der Waals surface area contributed by atoms with Gasteiger partial charge in [0.15, 0.2) is 0 Å². The molecule has 5 heteroatoms. The van der Waals surface area contributed by atoms with E-state index in [0.29, 0.717) is 5.56 Å². The summed E-state index contributed by atoms with van der Waals surface area (Å²) in [6.45, 7) is 8.67. The number of anilines is 1. The average Bonchev–Trinajstić information content (AvgIpc) is 2.49.